The SMILES string of the molecule is O=C(Nc1ccc(-c2nc3ccccc3s2)cn1)c1cccc(S(=O)(=O)N2CCCCC2)c1. The van der Waals surface area contributed by atoms with Crippen LogP contribution in [-0.4, -0.2) is 41.7 Å². The number of fused-ring (bicyclic) bond motifs is 1. The molecule has 33 heavy (non-hydrogen) atoms. The van der Waals surface area contributed by atoms with E-state index < -0.39 is 15.9 Å². The van der Waals surface area contributed by atoms with Crippen LogP contribution < -0.4 is 5.32 Å². The maximum atomic E-state index is 12.9. The Balaban J connectivity index is 1.32. The number of thiazole rings is 1. The summed E-state index contributed by atoms with van der Waals surface area (Å²) in [6, 6.07) is 17.7. The molecule has 2 aromatic heterocycles. The number of piperidine rings is 1. The molecule has 5 rings (SSSR count). The zero-order valence-electron chi connectivity index (χ0n) is 17.8. The zero-order valence-corrected chi connectivity index (χ0v) is 19.4. The summed E-state index contributed by atoms with van der Waals surface area (Å²) in [5, 5.41) is 3.60. The summed E-state index contributed by atoms with van der Waals surface area (Å²) >= 11 is 1.58. The van der Waals surface area contributed by atoms with Crippen molar-refractivity contribution in [2.75, 3.05) is 18.4 Å². The molecule has 0 atom stereocenters. The van der Waals surface area contributed by atoms with Crippen LogP contribution in [-0.2, 0) is 10.0 Å². The average molecular weight is 479 g/mol. The number of benzene rings is 2. The molecule has 9 heteroatoms. The number of hydrogen-bond acceptors (Lipinski definition) is 6. The van der Waals surface area contributed by atoms with Gasteiger partial charge in [-0.05, 0) is 55.3 Å². The first-order valence-electron chi connectivity index (χ1n) is 10.7. The Labute approximate surface area is 196 Å². The lowest BCUT2D eigenvalue weighted by molar-refractivity contribution is 0.102. The van der Waals surface area contributed by atoms with Gasteiger partial charge in [0.25, 0.3) is 5.91 Å². The third-order valence-electron chi connectivity index (χ3n) is 5.59. The van der Waals surface area contributed by atoms with Crippen molar-refractivity contribution in [3.05, 3.63) is 72.4 Å². The Bertz CT molecular complexity index is 1380. The Hall–Kier alpha value is -3.14. The molecule has 1 aliphatic rings. The first kappa shape index (κ1) is 21.7. The summed E-state index contributed by atoms with van der Waals surface area (Å²) in [4.78, 5) is 21.9. The maximum absolute atomic E-state index is 12.9. The van der Waals surface area contributed by atoms with Gasteiger partial charge in [-0.25, -0.2) is 18.4 Å². The molecule has 0 bridgehead atoms. The van der Waals surface area contributed by atoms with Crippen molar-refractivity contribution in [3.63, 3.8) is 0 Å². The number of pyridine rings is 1. The lowest BCUT2D eigenvalue weighted by Gasteiger charge is -2.26. The van der Waals surface area contributed by atoms with E-state index in [1.807, 2.05) is 30.3 Å². The number of aromatic nitrogens is 2. The van der Waals surface area contributed by atoms with Crippen LogP contribution in [0.4, 0.5) is 5.82 Å². The van der Waals surface area contributed by atoms with Gasteiger partial charge in [0.1, 0.15) is 10.8 Å². The minimum atomic E-state index is -3.61. The van der Waals surface area contributed by atoms with Gasteiger partial charge in [0.05, 0.1) is 15.1 Å². The lowest BCUT2D eigenvalue weighted by atomic mass is 10.2. The minimum absolute atomic E-state index is 0.135. The summed E-state index contributed by atoms with van der Waals surface area (Å²) in [6.45, 7) is 1.04. The van der Waals surface area contributed by atoms with E-state index in [1.165, 1.54) is 16.4 Å². The Morgan fingerprint density at radius 2 is 1.79 bits per heavy atom. The molecule has 1 amide bonds. The van der Waals surface area contributed by atoms with Gasteiger partial charge in [-0.15, -0.1) is 11.3 Å². The van der Waals surface area contributed by atoms with Crippen molar-refractivity contribution in [2.24, 2.45) is 0 Å². The van der Waals surface area contributed by atoms with E-state index >= 15 is 0 Å². The van der Waals surface area contributed by atoms with Crippen molar-refractivity contribution in [2.45, 2.75) is 24.2 Å². The van der Waals surface area contributed by atoms with Crippen molar-refractivity contribution in [3.8, 4) is 10.6 Å². The normalized spacial score (nSPS) is 14.9. The smallest absolute Gasteiger partial charge is 0.256 e. The Kier molecular flexibility index (Phi) is 5.92. The third kappa shape index (κ3) is 4.52. The average Bonchev–Trinajstić information content (AvgIpc) is 3.29. The number of carbonyl (C=O) groups excluding carboxylic acids is 1. The van der Waals surface area contributed by atoms with Crippen LogP contribution in [0.5, 0.6) is 0 Å². The van der Waals surface area contributed by atoms with Crippen LogP contribution >= 0.6 is 11.3 Å². The van der Waals surface area contributed by atoms with Crippen LogP contribution in [0.15, 0.2) is 71.8 Å². The second-order valence-corrected chi connectivity index (χ2v) is 10.8. The highest BCUT2D eigenvalue weighted by Gasteiger charge is 2.26. The molecule has 1 saturated heterocycles. The molecule has 168 valence electrons. The highest BCUT2D eigenvalue weighted by atomic mass is 32.2. The largest absolute Gasteiger partial charge is 0.307 e. The third-order valence-corrected chi connectivity index (χ3v) is 8.58. The Morgan fingerprint density at radius 3 is 2.55 bits per heavy atom. The van der Waals surface area contributed by atoms with Gasteiger partial charge < -0.3 is 5.32 Å². The molecule has 1 N–H and O–H groups in total. The molecule has 1 fully saturated rings. The first-order valence-corrected chi connectivity index (χ1v) is 13.0. The number of hydrogen-bond donors (Lipinski definition) is 1. The minimum Gasteiger partial charge on any atom is -0.307 e. The number of nitrogens with zero attached hydrogens (tertiary/aromatic N) is 3. The van der Waals surface area contributed by atoms with Gasteiger partial charge in [0.2, 0.25) is 10.0 Å². The molecule has 0 radical (unpaired) electrons. The lowest BCUT2D eigenvalue weighted by Crippen LogP contribution is -2.35. The second kappa shape index (κ2) is 9.01. The standard InChI is InChI=1S/C24H22N4O3S2/c29-23(17-7-6-8-19(15-17)33(30,31)28-13-4-1-5-14-28)27-22-12-11-18(16-25-22)24-26-20-9-2-3-10-21(20)32-24/h2-3,6-12,15-16H,1,4-5,13-14H2,(H,25,27,29). The number of sulfonamides is 1. The van der Waals surface area contributed by atoms with Gasteiger partial charge >= 0.3 is 0 Å². The van der Waals surface area contributed by atoms with Crippen LogP contribution in [0, 0.1) is 0 Å². The molecule has 3 heterocycles. The van der Waals surface area contributed by atoms with E-state index in [1.54, 1.807) is 35.7 Å². The van der Waals surface area contributed by atoms with Gasteiger partial charge in [0.15, 0.2) is 0 Å². The fraction of sp³-hybridized carbons (Fsp3) is 0.208. The monoisotopic (exact) mass is 478 g/mol. The molecule has 0 unspecified atom stereocenters. The number of rotatable bonds is 5. The van der Waals surface area contributed by atoms with Crippen molar-refractivity contribution >= 4 is 43.3 Å². The summed E-state index contributed by atoms with van der Waals surface area (Å²) in [7, 11) is -3.61. The van der Waals surface area contributed by atoms with E-state index in [-0.39, 0.29) is 10.5 Å². The zero-order chi connectivity index (χ0) is 22.8. The van der Waals surface area contributed by atoms with E-state index in [0.717, 1.165) is 40.1 Å². The Morgan fingerprint density at radius 1 is 0.970 bits per heavy atom. The predicted octanol–water partition coefficient (Wildman–Crippen LogP) is 4.79. The van der Waals surface area contributed by atoms with Crippen LogP contribution in [0.2, 0.25) is 0 Å². The highest BCUT2D eigenvalue weighted by Crippen LogP contribution is 2.30. The number of nitrogens with one attached hydrogen (secondary N) is 1. The van der Waals surface area contributed by atoms with Crippen LogP contribution in [0.25, 0.3) is 20.8 Å². The van der Waals surface area contributed by atoms with Crippen molar-refractivity contribution < 1.29 is 13.2 Å². The number of amides is 1. The van der Waals surface area contributed by atoms with Crippen molar-refractivity contribution in [1.29, 1.82) is 0 Å². The summed E-state index contributed by atoms with van der Waals surface area (Å²) < 4.78 is 28.5. The number of anilines is 1. The molecular formula is C24H22N4O3S2. The fourth-order valence-corrected chi connectivity index (χ4v) is 6.35. The van der Waals surface area contributed by atoms with Gasteiger partial charge in [-0.3, -0.25) is 4.79 Å². The molecule has 7 nitrogen and oxygen atoms in total. The molecule has 4 aromatic rings. The quantitative estimate of drug-likeness (QED) is 0.445. The summed E-state index contributed by atoms with van der Waals surface area (Å²) in [6.07, 6.45) is 4.43. The molecular weight excluding hydrogens is 456 g/mol. The van der Waals surface area contributed by atoms with Crippen LogP contribution in [0.3, 0.4) is 0 Å². The number of para-hydroxylation sites is 1. The van der Waals surface area contributed by atoms with E-state index in [9.17, 15) is 13.2 Å². The van der Waals surface area contributed by atoms with E-state index in [0.29, 0.717) is 18.9 Å². The highest BCUT2D eigenvalue weighted by molar-refractivity contribution is 7.89. The number of carbonyl (C=O) groups is 1. The predicted molar refractivity (Wildman–Crippen MR) is 130 cm³/mol. The van der Waals surface area contributed by atoms with E-state index in [4.69, 9.17) is 0 Å². The summed E-state index contributed by atoms with van der Waals surface area (Å²) in [5.41, 5.74) is 2.07. The molecule has 0 aliphatic carbocycles. The fourth-order valence-electron chi connectivity index (χ4n) is 3.83. The van der Waals surface area contributed by atoms with E-state index in [2.05, 4.69) is 15.3 Å². The van der Waals surface area contributed by atoms with Gasteiger partial charge in [0, 0.05) is 30.4 Å². The van der Waals surface area contributed by atoms with Crippen LogP contribution in [0.1, 0.15) is 29.6 Å². The molecule has 0 spiro atoms. The second-order valence-electron chi connectivity index (χ2n) is 7.87. The van der Waals surface area contributed by atoms with Gasteiger partial charge in [-0.1, -0.05) is 24.6 Å². The molecule has 1 aliphatic heterocycles. The maximum Gasteiger partial charge on any atom is 0.256 e. The van der Waals surface area contributed by atoms with Gasteiger partial charge in [-0.2, -0.15) is 4.31 Å². The summed E-state index contributed by atoms with van der Waals surface area (Å²) in [5.74, 6) is -0.0277. The molecule has 2 aromatic carbocycles. The topological polar surface area (TPSA) is 92.3 Å². The molecule has 0 saturated carbocycles. The first-order chi connectivity index (χ1) is 16.0. The van der Waals surface area contributed by atoms with Crippen molar-refractivity contribution in [1.82, 2.24) is 14.3 Å².